The summed E-state index contributed by atoms with van der Waals surface area (Å²) in [6, 6.07) is 15.3. The zero-order valence-corrected chi connectivity index (χ0v) is 17.5. The summed E-state index contributed by atoms with van der Waals surface area (Å²) in [5.41, 5.74) is 1.97. The van der Waals surface area contributed by atoms with Crippen LogP contribution in [0.5, 0.6) is 11.5 Å². The first kappa shape index (κ1) is 22.1. The molecule has 2 aromatic rings. The monoisotopic (exact) mass is 398 g/mol. The van der Waals surface area contributed by atoms with Crippen LogP contribution in [-0.4, -0.2) is 45.2 Å². The number of nitrogens with zero attached hydrogens (tertiary/aromatic N) is 1. The molecule has 1 atom stereocenters. The summed E-state index contributed by atoms with van der Waals surface area (Å²) in [5, 5.41) is 9.05. The molecule has 156 valence electrons. The molecule has 0 heterocycles. The minimum absolute atomic E-state index is 0.109. The fourth-order valence-electron chi connectivity index (χ4n) is 2.67. The minimum atomic E-state index is -0.139. The van der Waals surface area contributed by atoms with Crippen LogP contribution in [0, 0.1) is 0 Å². The van der Waals surface area contributed by atoms with E-state index in [2.05, 4.69) is 27.9 Å². The number of ether oxygens (including phenoxy) is 2. The number of guanidine groups is 1. The first-order valence-electron chi connectivity index (χ1n) is 9.68. The number of methoxy groups -OCH3 is 1. The van der Waals surface area contributed by atoms with Crippen molar-refractivity contribution >= 4 is 17.6 Å². The third-order valence-corrected chi connectivity index (χ3v) is 4.21. The molecule has 0 aliphatic rings. The summed E-state index contributed by atoms with van der Waals surface area (Å²) in [6.45, 7) is 4.65. The van der Waals surface area contributed by atoms with E-state index in [1.165, 1.54) is 5.56 Å². The quantitative estimate of drug-likeness (QED) is 0.447. The maximum Gasteiger partial charge on any atom is 0.243 e. The van der Waals surface area contributed by atoms with Crippen molar-refractivity contribution in [1.82, 2.24) is 10.6 Å². The molecule has 29 heavy (non-hydrogen) atoms. The fourth-order valence-corrected chi connectivity index (χ4v) is 2.67. The summed E-state index contributed by atoms with van der Waals surface area (Å²) >= 11 is 0. The second kappa shape index (κ2) is 11.6. The van der Waals surface area contributed by atoms with Crippen LogP contribution in [0.4, 0.5) is 5.69 Å². The predicted octanol–water partition coefficient (Wildman–Crippen LogP) is 2.83. The van der Waals surface area contributed by atoms with Crippen molar-refractivity contribution in [3.63, 3.8) is 0 Å². The highest BCUT2D eigenvalue weighted by atomic mass is 16.5. The topological polar surface area (TPSA) is 84.0 Å². The molecule has 0 radical (unpaired) electrons. The van der Waals surface area contributed by atoms with Gasteiger partial charge in [-0.15, -0.1) is 0 Å². The molecule has 0 aliphatic carbocycles. The molecule has 1 amide bonds. The van der Waals surface area contributed by atoms with Crippen LogP contribution in [0.15, 0.2) is 53.5 Å². The van der Waals surface area contributed by atoms with Crippen molar-refractivity contribution in [2.45, 2.75) is 26.4 Å². The Balaban J connectivity index is 1.77. The second-order valence-corrected chi connectivity index (χ2v) is 6.49. The Morgan fingerprint density at radius 3 is 2.55 bits per heavy atom. The van der Waals surface area contributed by atoms with E-state index in [-0.39, 0.29) is 18.6 Å². The van der Waals surface area contributed by atoms with Gasteiger partial charge in [-0.05, 0) is 43.2 Å². The third-order valence-electron chi connectivity index (χ3n) is 4.21. The Hall–Kier alpha value is -3.22. The van der Waals surface area contributed by atoms with E-state index in [9.17, 15) is 4.79 Å². The predicted molar refractivity (Wildman–Crippen MR) is 117 cm³/mol. The van der Waals surface area contributed by atoms with Gasteiger partial charge in [0.25, 0.3) is 0 Å². The number of aryl methyl sites for hydroxylation is 1. The van der Waals surface area contributed by atoms with Gasteiger partial charge in [-0.3, -0.25) is 9.79 Å². The highest BCUT2D eigenvalue weighted by molar-refractivity contribution is 5.95. The van der Waals surface area contributed by atoms with Gasteiger partial charge in [0.05, 0.1) is 20.2 Å². The van der Waals surface area contributed by atoms with Gasteiger partial charge in [-0.1, -0.05) is 31.2 Å². The molecule has 0 aliphatic heterocycles. The first-order valence-corrected chi connectivity index (χ1v) is 9.68. The molecule has 2 rings (SSSR count). The average Bonchev–Trinajstić information content (AvgIpc) is 2.74. The van der Waals surface area contributed by atoms with Gasteiger partial charge in [0, 0.05) is 12.7 Å². The molecule has 7 nitrogen and oxygen atoms in total. The number of nitrogens with one attached hydrogen (secondary N) is 3. The van der Waals surface area contributed by atoms with Crippen LogP contribution in [0.1, 0.15) is 19.4 Å². The molecule has 0 aromatic heterocycles. The van der Waals surface area contributed by atoms with Crippen LogP contribution in [0.3, 0.4) is 0 Å². The number of para-hydroxylation sites is 2. The lowest BCUT2D eigenvalue weighted by atomic mass is 10.1. The Labute approximate surface area is 172 Å². The Kier molecular flexibility index (Phi) is 8.82. The van der Waals surface area contributed by atoms with Crippen molar-refractivity contribution < 1.29 is 14.3 Å². The van der Waals surface area contributed by atoms with E-state index in [1.807, 2.05) is 55.5 Å². The number of hydrogen-bond acceptors (Lipinski definition) is 4. The fraction of sp³-hybridized carbons (Fsp3) is 0.364. The Morgan fingerprint density at radius 2 is 1.86 bits per heavy atom. The summed E-state index contributed by atoms with van der Waals surface area (Å²) in [4.78, 5) is 16.3. The van der Waals surface area contributed by atoms with Crippen molar-refractivity contribution in [3.05, 3.63) is 54.1 Å². The van der Waals surface area contributed by atoms with Crippen LogP contribution >= 0.6 is 0 Å². The maximum absolute atomic E-state index is 12.2. The Morgan fingerprint density at radius 1 is 1.10 bits per heavy atom. The number of carbonyl (C=O) groups excluding carboxylic acids is 1. The van der Waals surface area contributed by atoms with Gasteiger partial charge in [-0.2, -0.15) is 0 Å². The van der Waals surface area contributed by atoms with Gasteiger partial charge in [0.2, 0.25) is 5.91 Å². The standard InChI is InChI=1S/C22H30N4O3/c1-5-17-9-8-10-18(13-17)26-21(27)15-25-22(23-3)24-14-16(2)29-20-12-7-6-11-19(20)28-4/h6-13,16H,5,14-15H2,1-4H3,(H,26,27)(H2,23,24,25). The van der Waals surface area contributed by atoms with Crippen molar-refractivity contribution in [3.8, 4) is 11.5 Å². The van der Waals surface area contributed by atoms with Gasteiger partial charge in [0.1, 0.15) is 6.10 Å². The van der Waals surface area contributed by atoms with Crippen LogP contribution in [-0.2, 0) is 11.2 Å². The number of amides is 1. The molecule has 3 N–H and O–H groups in total. The summed E-state index contributed by atoms with van der Waals surface area (Å²) in [6.07, 6.45) is 0.795. The molecule has 1 unspecified atom stereocenters. The highest BCUT2D eigenvalue weighted by Crippen LogP contribution is 2.26. The lowest BCUT2D eigenvalue weighted by Crippen LogP contribution is -2.44. The van der Waals surface area contributed by atoms with E-state index in [1.54, 1.807) is 14.2 Å². The first-order chi connectivity index (χ1) is 14.0. The number of anilines is 1. The average molecular weight is 399 g/mol. The van der Waals surface area contributed by atoms with Gasteiger partial charge >= 0.3 is 0 Å². The molecule has 0 fully saturated rings. The minimum Gasteiger partial charge on any atom is -0.493 e. The second-order valence-electron chi connectivity index (χ2n) is 6.49. The van der Waals surface area contributed by atoms with Gasteiger partial charge < -0.3 is 25.4 Å². The van der Waals surface area contributed by atoms with Gasteiger partial charge in [-0.25, -0.2) is 0 Å². The smallest absolute Gasteiger partial charge is 0.243 e. The number of hydrogen-bond donors (Lipinski definition) is 3. The highest BCUT2D eigenvalue weighted by Gasteiger charge is 2.10. The molecular formula is C22H30N4O3. The van der Waals surface area contributed by atoms with Crippen molar-refractivity contribution in [2.24, 2.45) is 4.99 Å². The molecule has 0 bridgehead atoms. The molecule has 7 heteroatoms. The largest absolute Gasteiger partial charge is 0.493 e. The number of aliphatic imine (C=N–C) groups is 1. The molecular weight excluding hydrogens is 368 g/mol. The Bertz CT molecular complexity index is 823. The zero-order valence-electron chi connectivity index (χ0n) is 17.5. The summed E-state index contributed by atoms with van der Waals surface area (Å²) < 4.78 is 11.2. The maximum atomic E-state index is 12.2. The summed E-state index contributed by atoms with van der Waals surface area (Å²) in [7, 11) is 3.27. The van der Waals surface area contributed by atoms with E-state index in [4.69, 9.17) is 9.47 Å². The van der Waals surface area contributed by atoms with E-state index in [0.29, 0.717) is 24.0 Å². The van der Waals surface area contributed by atoms with Crippen LogP contribution in [0.2, 0.25) is 0 Å². The normalized spacial score (nSPS) is 12.1. The number of rotatable bonds is 9. The zero-order chi connectivity index (χ0) is 21.1. The van der Waals surface area contributed by atoms with Crippen molar-refractivity contribution in [2.75, 3.05) is 32.6 Å². The van der Waals surface area contributed by atoms with Crippen molar-refractivity contribution in [1.29, 1.82) is 0 Å². The third kappa shape index (κ3) is 7.37. The van der Waals surface area contributed by atoms with E-state index in [0.717, 1.165) is 12.1 Å². The lowest BCUT2D eigenvalue weighted by Gasteiger charge is -2.19. The van der Waals surface area contributed by atoms with E-state index >= 15 is 0 Å². The lowest BCUT2D eigenvalue weighted by molar-refractivity contribution is -0.115. The molecule has 2 aromatic carbocycles. The van der Waals surface area contributed by atoms with Crippen LogP contribution in [0.25, 0.3) is 0 Å². The van der Waals surface area contributed by atoms with E-state index < -0.39 is 0 Å². The van der Waals surface area contributed by atoms with Crippen LogP contribution < -0.4 is 25.4 Å². The molecule has 0 saturated heterocycles. The molecule has 0 spiro atoms. The number of benzene rings is 2. The molecule has 0 saturated carbocycles. The number of carbonyl (C=O) groups is 1. The SMILES string of the molecule is CCc1cccc(NC(=O)CNC(=NC)NCC(C)Oc2ccccc2OC)c1. The van der Waals surface area contributed by atoms with Gasteiger partial charge in [0.15, 0.2) is 17.5 Å². The summed E-state index contributed by atoms with van der Waals surface area (Å²) in [5.74, 6) is 1.75.